The fourth-order valence-corrected chi connectivity index (χ4v) is 2.72. The monoisotopic (exact) mass is 330 g/mol. The van der Waals surface area contributed by atoms with Gasteiger partial charge in [-0.25, -0.2) is 0 Å². The lowest BCUT2D eigenvalue weighted by molar-refractivity contribution is 0.0993. The number of halogens is 1. The maximum Gasteiger partial charge on any atom is 0.167 e. The van der Waals surface area contributed by atoms with E-state index in [9.17, 15) is 4.79 Å². The number of rotatable bonds is 5. The molecule has 2 aromatic carbocycles. The van der Waals surface area contributed by atoms with Crippen molar-refractivity contribution in [3.63, 3.8) is 0 Å². The standard InChI is InChI=1S/C18H19BrO/c1-13(2)9-14-5-3-7-16(10-14)18(20)12-15-6-4-8-17(19)11-15/h3-8,10-11,13H,9,12H2,1-2H3. The third-order valence-electron chi connectivity index (χ3n) is 3.15. The number of hydrogen-bond donors (Lipinski definition) is 0. The Morgan fingerprint density at radius 1 is 1.05 bits per heavy atom. The van der Waals surface area contributed by atoms with Crippen LogP contribution < -0.4 is 0 Å². The van der Waals surface area contributed by atoms with Crippen LogP contribution in [0.5, 0.6) is 0 Å². The van der Waals surface area contributed by atoms with Gasteiger partial charge in [0.25, 0.3) is 0 Å². The Morgan fingerprint density at radius 2 is 1.75 bits per heavy atom. The summed E-state index contributed by atoms with van der Waals surface area (Å²) in [7, 11) is 0. The highest BCUT2D eigenvalue weighted by Gasteiger charge is 2.08. The molecule has 0 unspecified atom stereocenters. The van der Waals surface area contributed by atoms with Gasteiger partial charge in [0.1, 0.15) is 0 Å². The first kappa shape index (κ1) is 15.0. The van der Waals surface area contributed by atoms with Crippen molar-refractivity contribution < 1.29 is 4.79 Å². The Kier molecular flexibility index (Phi) is 5.13. The topological polar surface area (TPSA) is 17.1 Å². The molecule has 1 nitrogen and oxygen atoms in total. The largest absolute Gasteiger partial charge is 0.294 e. The van der Waals surface area contributed by atoms with Crippen LogP contribution in [0.4, 0.5) is 0 Å². The van der Waals surface area contributed by atoms with Gasteiger partial charge in [0, 0.05) is 16.5 Å². The lowest BCUT2D eigenvalue weighted by atomic mass is 9.97. The molecule has 0 heterocycles. The van der Waals surface area contributed by atoms with E-state index in [-0.39, 0.29) is 5.78 Å². The fourth-order valence-electron chi connectivity index (χ4n) is 2.28. The zero-order valence-corrected chi connectivity index (χ0v) is 13.5. The SMILES string of the molecule is CC(C)Cc1cccc(C(=O)Cc2cccc(Br)c2)c1. The summed E-state index contributed by atoms with van der Waals surface area (Å²) in [6, 6.07) is 15.9. The van der Waals surface area contributed by atoms with Crippen LogP contribution in [0, 0.1) is 5.92 Å². The highest BCUT2D eigenvalue weighted by Crippen LogP contribution is 2.16. The van der Waals surface area contributed by atoms with Gasteiger partial charge >= 0.3 is 0 Å². The first-order valence-electron chi connectivity index (χ1n) is 6.91. The van der Waals surface area contributed by atoms with E-state index in [0.29, 0.717) is 12.3 Å². The van der Waals surface area contributed by atoms with Gasteiger partial charge in [0.05, 0.1) is 0 Å². The molecule has 2 heteroatoms. The fraction of sp³-hybridized carbons (Fsp3) is 0.278. The average molecular weight is 331 g/mol. The van der Waals surface area contributed by atoms with Crippen LogP contribution in [0.3, 0.4) is 0 Å². The van der Waals surface area contributed by atoms with Crippen molar-refractivity contribution in [2.75, 3.05) is 0 Å². The van der Waals surface area contributed by atoms with E-state index in [1.165, 1.54) is 5.56 Å². The van der Waals surface area contributed by atoms with Crippen molar-refractivity contribution in [3.8, 4) is 0 Å². The third-order valence-corrected chi connectivity index (χ3v) is 3.64. The van der Waals surface area contributed by atoms with E-state index in [1.807, 2.05) is 42.5 Å². The number of Topliss-reactive ketones (excluding diaryl/α,β-unsaturated/α-hetero) is 1. The normalized spacial score (nSPS) is 10.8. The molecule has 0 atom stereocenters. The second kappa shape index (κ2) is 6.85. The number of hydrogen-bond acceptors (Lipinski definition) is 1. The summed E-state index contributed by atoms with van der Waals surface area (Å²) in [5.74, 6) is 0.777. The third kappa shape index (κ3) is 4.31. The molecular weight excluding hydrogens is 312 g/mol. The Hall–Kier alpha value is -1.41. The summed E-state index contributed by atoms with van der Waals surface area (Å²) < 4.78 is 1.01. The molecule has 2 rings (SSSR count). The van der Waals surface area contributed by atoms with E-state index in [4.69, 9.17) is 0 Å². The van der Waals surface area contributed by atoms with Gasteiger partial charge in [-0.15, -0.1) is 0 Å². The van der Waals surface area contributed by atoms with Crippen LogP contribution >= 0.6 is 15.9 Å². The Morgan fingerprint density at radius 3 is 2.45 bits per heavy atom. The van der Waals surface area contributed by atoms with Crippen LogP contribution in [0.15, 0.2) is 53.0 Å². The first-order chi connectivity index (χ1) is 9.54. The quantitative estimate of drug-likeness (QED) is 0.699. The lowest BCUT2D eigenvalue weighted by Crippen LogP contribution is -2.05. The molecule has 0 spiro atoms. The van der Waals surface area contributed by atoms with E-state index in [0.717, 1.165) is 22.0 Å². The number of benzene rings is 2. The van der Waals surface area contributed by atoms with Gasteiger partial charge in [-0.3, -0.25) is 4.79 Å². The molecule has 0 saturated heterocycles. The molecule has 0 fully saturated rings. The van der Waals surface area contributed by atoms with Crippen molar-refractivity contribution in [2.24, 2.45) is 5.92 Å². The first-order valence-corrected chi connectivity index (χ1v) is 7.70. The molecule has 2 aromatic rings. The van der Waals surface area contributed by atoms with Gasteiger partial charge in [-0.1, -0.05) is 60.1 Å². The van der Waals surface area contributed by atoms with Crippen molar-refractivity contribution >= 4 is 21.7 Å². The summed E-state index contributed by atoms with van der Waals surface area (Å²) >= 11 is 3.44. The van der Waals surface area contributed by atoms with E-state index >= 15 is 0 Å². The van der Waals surface area contributed by atoms with Crippen LogP contribution in [-0.4, -0.2) is 5.78 Å². The zero-order valence-electron chi connectivity index (χ0n) is 11.9. The summed E-state index contributed by atoms with van der Waals surface area (Å²) in [5.41, 5.74) is 3.09. The maximum absolute atomic E-state index is 12.3. The van der Waals surface area contributed by atoms with Crippen LogP contribution in [-0.2, 0) is 12.8 Å². The smallest absolute Gasteiger partial charge is 0.167 e. The number of ketones is 1. The summed E-state index contributed by atoms with van der Waals surface area (Å²) in [6.07, 6.45) is 1.46. The van der Waals surface area contributed by atoms with Gasteiger partial charge in [0.15, 0.2) is 5.78 Å². The average Bonchev–Trinajstić information content (AvgIpc) is 2.38. The molecule has 0 radical (unpaired) electrons. The Balaban J connectivity index is 2.13. The molecule has 0 saturated carbocycles. The van der Waals surface area contributed by atoms with E-state index < -0.39 is 0 Å². The molecule has 0 amide bonds. The minimum atomic E-state index is 0.175. The molecule has 0 aliphatic rings. The van der Waals surface area contributed by atoms with Crippen LogP contribution in [0.2, 0.25) is 0 Å². The van der Waals surface area contributed by atoms with Crippen molar-refractivity contribution in [2.45, 2.75) is 26.7 Å². The van der Waals surface area contributed by atoms with Crippen molar-refractivity contribution in [1.82, 2.24) is 0 Å². The molecule has 0 bridgehead atoms. The highest BCUT2D eigenvalue weighted by molar-refractivity contribution is 9.10. The van der Waals surface area contributed by atoms with Gasteiger partial charge in [0.2, 0.25) is 0 Å². The Bertz CT molecular complexity index is 602. The molecule has 104 valence electrons. The summed E-state index contributed by atoms with van der Waals surface area (Å²) in [6.45, 7) is 4.38. The van der Waals surface area contributed by atoms with E-state index in [2.05, 4.69) is 35.8 Å². The minimum Gasteiger partial charge on any atom is -0.294 e. The zero-order chi connectivity index (χ0) is 14.5. The summed E-state index contributed by atoms with van der Waals surface area (Å²) in [5, 5.41) is 0. The molecule has 0 N–H and O–H groups in total. The maximum atomic E-state index is 12.3. The van der Waals surface area contributed by atoms with Crippen LogP contribution in [0.25, 0.3) is 0 Å². The highest BCUT2D eigenvalue weighted by atomic mass is 79.9. The lowest BCUT2D eigenvalue weighted by Gasteiger charge is -2.07. The minimum absolute atomic E-state index is 0.175. The van der Waals surface area contributed by atoms with Gasteiger partial charge < -0.3 is 0 Å². The molecule has 0 aliphatic carbocycles. The van der Waals surface area contributed by atoms with Crippen LogP contribution in [0.1, 0.15) is 35.3 Å². The van der Waals surface area contributed by atoms with Gasteiger partial charge in [-0.2, -0.15) is 0 Å². The molecule has 0 aromatic heterocycles. The molecule has 0 aliphatic heterocycles. The van der Waals surface area contributed by atoms with E-state index in [1.54, 1.807) is 0 Å². The predicted octanol–water partition coefficient (Wildman–Crippen LogP) is 5.07. The molecule has 20 heavy (non-hydrogen) atoms. The second-order valence-corrected chi connectivity index (χ2v) is 6.44. The predicted molar refractivity (Wildman–Crippen MR) is 87.2 cm³/mol. The summed E-state index contributed by atoms with van der Waals surface area (Å²) in [4.78, 5) is 12.3. The van der Waals surface area contributed by atoms with Crippen molar-refractivity contribution in [3.05, 3.63) is 69.7 Å². The number of carbonyl (C=O) groups is 1. The number of carbonyl (C=O) groups excluding carboxylic acids is 1. The van der Waals surface area contributed by atoms with Gasteiger partial charge in [-0.05, 0) is 41.7 Å². The van der Waals surface area contributed by atoms with Crippen molar-refractivity contribution in [1.29, 1.82) is 0 Å². The molecular formula is C18H19BrO. The Labute approximate surface area is 129 Å². The second-order valence-electron chi connectivity index (χ2n) is 5.53.